The third kappa shape index (κ3) is 3.81. The molecule has 1 aromatic carbocycles. The summed E-state index contributed by atoms with van der Waals surface area (Å²) in [5, 5.41) is 11.6. The molecule has 1 fully saturated rings. The number of sulfone groups is 1. The quantitative estimate of drug-likeness (QED) is 0.878. The summed E-state index contributed by atoms with van der Waals surface area (Å²) in [5.74, 6) is -1.94. The number of hydrogen-bond acceptors (Lipinski definition) is 4. The van der Waals surface area contributed by atoms with Crippen molar-refractivity contribution in [2.75, 3.05) is 11.6 Å². The van der Waals surface area contributed by atoms with Crippen molar-refractivity contribution < 1.29 is 23.1 Å². The number of carboxylic acid groups (broad SMARTS) is 1. The van der Waals surface area contributed by atoms with Crippen LogP contribution in [0.4, 0.5) is 5.69 Å². The third-order valence-corrected chi connectivity index (χ3v) is 4.79. The zero-order valence-electron chi connectivity index (χ0n) is 11.6. The Balaban J connectivity index is 2.06. The van der Waals surface area contributed by atoms with Crippen LogP contribution in [-0.4, -0.2) is 31.7 Å². The molecule has 0 bridgehead atoms. The highest BCUT2D eigenvalue weighted by Gasteiger charge is 2.33. The normalized spacial score (nSPS) is 22.0. The van der Waals surface area contributed by atoms with E-state index >= 15 is 0 Å². The van der Waals surface area contributed by atoms with Crippen LogP contribution < -0.4 is 5.32 Å². The summed E-state index contributed by atoms with van der Waals surface area (Å²) >= 11 is 0. The van der Waals surface area contributed by atoms with Crippen LogP contribution in [0, 0.1) is 11.8 Å². The molecule has 1 saturated carbocycles. The molecule has 1 amide bonds. The Hall–Kier alpha value is -1.89. The number of anilines is 1. The van der Waals surface area contributed by atoms with Gasteiger partial charge in [-0.1, -0.05) is 6.07 Å². The van der Waals surface area contributed by atoms with Crippen molar-refractivity contribution in [3.05, 3.63) is 24.3 Å². The third-order valence-electron chi connectivity index (χ3n) is 3.68. The molecule has 2 atom stereocenters. The van der Waals surface area contributed by atoms with E-state index in [9.17, 15) is 18.0 Å². The van der Waals surface area contributed by atoms with Gasteiger partial charge in [0.2, 0.25) is 5.91 Å². The number of carbonyl (C=O) groups is 2. The standard InChI is InChI=1S/C14H17NO5S/c1-21(19,20)12-4-2-3-11(8-12)15-13(16)9-5-6-10(7-9)14(17)18/h2-4,8-10H,5-7H2,1H3,(H,15,16)(H,17,18). The van der Waals surface area contributed by atoms with Crippen molar-refractivity contribution in [2.24, 2.45) is 11.8 Å². The fourth-order valence-electron chi connectivity index (χ4n) is 2.49. The average molecular weight is 311 g/mol. The Morgan fingerprint density at radius 1 is 1.24 bits per heavy atom. The zero-order valence-corrected chi connectivity index (χ0v) is 12.4. The Morgan fingerprint density at radius 2 is 1.90 bits per heavy atom. The number of carbonyl (C=O) groups excluding carboxylic acids is 1. The number of carboxylic acids is 1. The van der Waals surface area contributed by atoms with Gasteiger partial charge in [0.25, 0.3) is 0 Å². The minimum absolute atomic E-state index is 0.134. The molecule has 2 N–H and O–H groups in total. The molecule has 0 spiro atoms. The summed E-state index contributed by atoms with van der Waals surface area (Å²) in [6.45, 7) is 0. The van der Waals surface area contributed by atoms with Gasteiger partial charge >= 0.3 is 5.97 Å². The lowest BCUT2D eigenvalue weighted by Gasteiger charge is -2.11. The summed E-state index contributed by atoms with van der Waals surface area (Å²) < 4.78 is 22.9. The Morgan fingerprint density at radius 3 is 2.48 bits per heavy atom. The maximum absolute atomic E-state index is 12.1. The van der Waals surface area contributed by atoms with Gasteiger partial charge in [0.15, 0.2) is 9.84 Å². The molecular weight excluding hydrogens is 294 g/mol. The van der Waals surface area contributed by atoms with Crippen molar-refractivity contribution >= 4 is 27.4 Å². The highest BCUT2D eigenvalue weighted by molar-refractivity contribution is 7.90. The SMILES string of the molecule is CS(=O)(=O)c1cccc(NC(=O)C2CCC(C(=O)O)C2)c1. The van der Waals surface area contributed by atoms with Crippen molar-refractivity contribution in [1.82, 2.24) is 0 Å². The number of rotatable bonds is 4. The lowest BCUT2D eigenvalue weighted by Crippen LogP contribution is -2.21. The first kappa shape index (κ1) is 15.5. The summed E-state index contributed by atoms with van der Waals surface area (Å²) in [6.07, 6.45) is 2.46. The molecule has 1 aromatic rings. The fourth-order valence-corrected chi connectivity index (χ4v) is 3.16. The molecule has 0 aliphatic heterocycles. The van der Waals surface area contributed by atoms with E-state index in [0.717, 1.165) is 6.26 Å². The summed E-state index contributed by atoms with van der Waals surface area (Å²) in [4.78, 5) is 23.1. The molecule has 6 nitrogen and oxygen atoms in total. The molecule has 7 heteroatoms. The van der Waals surface area contributed by atoms with Gasteiger partial charge in [-0.05, 0) is 37.5 Å². The lowest BCUT2D eigenvalue weighted by atomic mass is 10.0. The molecule has 1 aliphatic rings. The maximum atomic E-state index is 12.1. The Bertz CT molecular complexity index is 668. The summed E-state index contributed by atoms with van der Waals surface area (Å²) in [6, 6.07) is 6.02. The highest BCUT2D eigenvalue weighted by atomic mass is 32.2. The van der Waals surface area contributed by atoms with Crippen molar-refractivity contribution in [2.45, 2.75) is 24.2 Å². The summed E-state index contributed by atoms with van der Waals surface area (Å²) in [7, 11) is -3.33. The van der Waals surface area contributed by atoms with Crippen LogP contribution in [0.1, 0.15) is 19.3 Å². The first-order chi connectivity index (χ1) is 9.77. The first-order valence-electron chi connectivity index (χ1n) is 6.61. The second-order valence-corrected chi connectivity index (χ2v) is 7.35. The molecule has 1 aliphatic carbocycles. The van der Waals surface area contributed by atoms with Gasteiger partial charge in [0, 0.05) is 17.9 Å². The topological polar surface area (TPSA) is 101 Å². The van der Waals surface area contributed by atoms with Gasteiger partial charge < -0.3 is 10.4 Å². The zero-order chi connectivity index (χ0) is 15.6. The monoisotopic (exact) mass is 311 g/mol. The van der Waals surface area contributed by atoms with Gasteiger partial charge in [-0.15, -0.1) is 0 Å². The molecule has 0 saturated heterocycles. The molecule has 0 radical (unpaired) electrons. The second kappa shape index (κ2) is 5.85. The van der Waals surface area contributed by atoms with E-state index in [1.54, 1.807) is 12.1 Å². The minimum Gasteiger partial charge on any atom is -0.481 e. The van der Waals surface area contributed by atoms with Crippen LogP contribution in [-0.2, 0) is 19.4 Å². The minimum atomic E-state index is -3.33. The molecule has 0 aromatic heterocycles. The molecule has 2 rings (SSSR count). The number of nitrogens with one attached hydrogen (secondary N) is 1. The van der Waals surface area contributed by atoms with Crippen molar-refractivity contribution in [3.63, 3.8) is 0 Å². The number of hydrogen-bond donors (Lipinski definition) is 2. The molecule has 2 unspecified atom stereocenters. The number of aliphatic carboxylic acids is 1. The van der Waals surface area contributed by atoms with Crippen LogP contribution in [0.5, 0.6) is 0 Å². The molecular formula is C14H17NO5S. The van der Waals surface area contributed by atoms with E-state index in [1.165, 1.54) is 12.1 Å². The van der Waals surface area contributed by atoms with Gasteiger partial charge in [-0.3, -0.25) is 9.59 Å². The largest absolute Gasteiger partial charge is 0.481 e. The Labute approximate surface area is 123 Å². The van der Waals surface area contributed by atoms with E-state index in [0.29, 0.717) is 24.9 Å². The van der Waals surface area contributed by atoms with E-state index in [1.807, 2.05) is 0 Å². The number of amides is 1. The average Bonchev–Trinajstić information content (AvgIpc) is 2.88. The van der Waals surface area contributed by atoms with Crippen molar-refractivity contribution in [3.8, 4) is 0 Å². The molecule has 114 valence electrons. The Kier molecular flexibility index (Phi) is 4.32. The van der Waals surface area contributed by atoms with Crippen LogP contribution in [0.2, 0.25) is 0 Å². The lowest BCUT2D eigenvalue weighted by molar-refractivity contribution is -0.141. The van der Waals surface area contributed by atoms with E-state index in [4.69, 9.17) is 5.11 Å². The maximum Gasteiger partial charge on any atom is 0.306 e. The van der Waals surface area contributed by atoms with Gasteiger partial charge in [0.1, 0.15) is 0 Å². The predicted molar refractivity (Wildman–Crippen MR) is 76.6 cm³/mol. The van der Waals surface area contributed by atoms with Crippen LogP contribution in [0.25, 0.3) is 0 Å². The van der Waals surface area contributed by atoms with E-state index in [-0.39, 0.29) is 16.7 Å². The van der Waals surface area contributed by atoms with E-state index < -0.39 is 21.7 Å². The summed E-state index contributed by atoms with van der Waals surface area (Å²) in [5.41, 5.74) is 0.404. The molecule has 0 heterocycles. The van der Waals surface area contributed by atoms with E-state index in [2.05, 4.69) is 5.32 Å². The first-order valence-corrected chi connectivity index (χ1v) is 8.50. The second-order valence-electron chi connectivity index (χ2n) is 5.33. The van der Waals surface area contributed by atoms with Crippen LogP contribution >= 0.6 is 0 Å². The predicted octanol–water partition coefficient (Wildman–Crippen LogP) is 1.53. The highest BCUT2D eigenvalue weighted by Crippen LogP contribution is 2.32. The fraction of sp³-hybridized carbons (Fsp3) is 0.429. The van der Waals surface area contributed by atoms with Crippen LogP contribution in [0.3, 0.4) is 0 Å². The smallest absolute Gasteiger partial charge is 0.306 e. The van der Waals surface area contributed by atoms with Crippen LogP contribution in [0.15, 0.2) is 29.2 Å². The van der Waals surface area contributed by atoms with Gasteiger partial charge in [-0.2, -0.15) is 0 Å². The number of benzene rings is 1. The van der Waals surface area contributed by atoms with Gasteiger partial charge in [-0.25, -0.2) is 8.42 Å². The van der Waals surface area contributed by atoms with Gasteiger partial charge in [0.05, 0.1) is 10.8 Å². The molecule has 21 heavy (non-hydrogen) atoms. The van der Waals surface area contributed by atoms with Crippen molar-refractivity contribution in [1.29, 1.82) is 0 Å².